The van der Waals surface area contributed by atoms with Crippen molar-refractivity contribution >= 4 is 26.7 Å². The summed E-state index contributed by atoms with van der Waals surface area (Å²) in [6.45, 7) is 0.603. The molecule has 1 aliphatic rings. The fraction of sp³-hybridized carbons (Fsp3) is 0.353. The normalized spacial score (nSPS) is 18.5. The van der Waals surface area contributed by atoms with E-state index in [9.17, 15) is 13.2 Å². The summed E-state index contributed by atoms with van der Waals surface area (Å²) in [7, 11) is -2.22. The molecular weight excluding hydrogens is 312 g/mol. The van der Waals surface area contributed by atoms with Crippen LogP contribution in [0.15, 0.2) is 42.5 Å². The summed E-state index contributed by atoms with van der Waals surface area (Å²) < 4.78 is 25.5. The second-order valence-corrected chi connectivity index (χ2v) is 7.70. The van der Waals surface area contributed by atoms with Gasteiger partial charge in [-0.05, 0) is 36.2 Å². The van der Waals surface area contributed by atoms with E-state index in [2.05, 4.69) is 10.8 Å². The van der Waals surface area contributed by atoms with Gasteiger partial charge in [-0.25, -0.2) is 13.1 Å². The standard InChI is InChI=1S/C17H20N2O3S/c1-18-23(21,22)12-17(20)19-11-5-10-16(19)15-9-4-7-13-6-2-3-8-14(13)15/h2-4,6-9,16,18H,5,10-12H2,1H3. The molecule has 3 rings (SSSR count). The first-order valence-electron chi connectivity index (χ1n) is 7.70. The van der Waals surface area contributed by atoms with Crippen LogP contribution in [0.25, 0.3) is 10.8 Å². The van der Waals surface area contributed by atoms with Crippen LogP contribution in [-0.2, 0) is 14.8 Å². The number of likely N-dealkylation sites (tertiary alicyclic amines) is 1. The number of sulfonamides is 1. The predicted octanol–water partition coefficient (Wildman–Crippen LogP) is 2.05. The Balaban J connectivity index is 1.94. The fourth-order valence-electron chi connectivity index (χ4n) is 3.25. The van der Waals surface area contributed by atoms with Gasteiger partial charge in [0.2, 0.25) is 15.9 Å². The molecule has 0 radical (unpaired) electrons. The first kappa shape index (κ1) is 16.0. The van der Waals surface area contributed by atoms with E-state index in [4.69, 9.17) is 0 Å². The topological polar surface area (TPSA) is 66.5 Å². The van der Waals surface area contributed by atoms with Gasteiger partial charge in [0.05, 0.1) is 6.04 Å². The van der Waals surface area contributed by atoms with Crippen LogP contribution in [0.5, 0.6) is 0 Å². The zero-order valence-corrected chi connectivity index (χ0v) is 13.8. The van der Waals surface area contributed by atoms with Gasteiger partial charge in [-0.2, -0.15) is 0 Å². The molecule has 1 aliphatic heterocycles. The largest absolute Gasteiger partial charge is 0.335 e. The van der Waals surface area contributed by atoms with Gasteiger partial charge in [-0.3, -0.25) is 4.79 Å². The number of amides is 1. The molecule has 0 bridgehead atoms. The summed E-state index contributed by atoms with van der Waals surface area (Å²) in [5.41, 5.74) is 1.09. The van der Waals surface area contributed by atoms with Gasteiger partial charge in [0, 0.05) is 6.54 Å². The maximum Gasteiger partial charge on any atom is 0.239 e. The maximum absolute atomic E-state index is 12.4. The predicted molar refractivity (Wildman–Crippen MR) is 90.5 cm³/mol. The second-order valence-electron chi connectivity index (χ2n) is 5.78. The van der Waals surface area contributed by atoms with E-state index in [0.717, 1.165) is 29.2 Å². The number of fused-ring (bicyclic) bond motifs is 1. The van der Waals surface area contributed by atoms with E-state index in [1.54, 1.807) is 4.90 Å². The minimum atomic E-state index is -3.55. The van der Waals surface area contributed by atoms with Crippen LogP contribution in [0.2, 0.25) is 0 Å². The third kappa shape index (κ3) is 3.23. The molecule has 1 amide bonds. The summed E-state index contributed by atoms with van der Waals surface area (Å²) in [6.07, 6.45) is 1.75. The van der Waals surface area contributed by atoms with Gasteiger partial charge in [0.1, 0.15) is 5.75 Å². The number of benzene rings is 2. The van der Waals surface area contributed by atoms with Crippen LogP contribution in [0.1, 0.15) is 24.4 Å². The molecule has 1 atom stereocenters. The van der Waals surface area contributed by atoms with E-state index in [1.807, 2.05) is 36.4 Å². The molecule has 2 aromatic rings. The summed E-state index contributed by atoms with van der Waals surface area (Å²) in [5.74, 6) is -0.833. The van der Waals surface area contributed by atoms with Crippen molar-refractivity contribution in [1.82, 2.24) is 9.62 Å². The molecule has 5 nitrogen and oxygen atoms in total. The zero-order valence-electron chi connectivity index (χ0n) is 13.0. The van der Waals surface area contributed by atoms with E-state index in [1.165, 1.54) is 7.05 Å². The highest BCUT2D eigenvalue weighted by atomic mass is 32.2. The van der Waals surface area contributed by atoms with Crippen molar-refractivity contribution in [2.45, 2.75) is 18.9 Å². The van der Waals surface area contributed by atoms with Crippen LogP contribution in [0, 0.1) is 0 Å². The molecule has 1 unspecified atom stereocenters. The van der Waals surface area contributed by atoms with Gasteiger partial charge in [-0.15, -0.1) is 0 Å². The van der Waals surface area contributed by atoms with Gasteiger partial charge in [0.25, 0.3) is 0 Å². The number of rotatable bonds is 4. The van der Waals surface area contributed by atoms with Crippen LogP contribution in [-0.4, -0.2) is 38.6 Å². The number of carbonyl (C=O) groups is 1. The molecule has 1 fully saturated rings. The Morgan fingerprint density at radius 3 is 2.74 bits per heavy atom. The zero-order chi connectivity index (χ0) is 16.4. The van der Waals surface area contributed by atoms with Crippen molar-refractivity contribution in [2.75, 3.05) is 19.3 Å². The molecule has 1 saturated heterocycles. The van der Waals surface area contributed by atoms with Crippen molar-refractivity contribution in [1.29, 1.82) is 0 Å². The Morgan fingerprint density at radius 1 is 1.22 bits per heavy atom. The highest BCUT2D eigenvalue weighted by Gasteiger charge is 2.32. The maximum atomic E-state index is 12.4. The van der Waals surface area contributed by atoms with Crippen molar-refractivity contribution in [2.24, 2.45) is 0 Å². The minimum Gasteiger partial charge on any atom is -0.335 e. The molecular formula is C17H20N2O3S. The lowest BCUT2D eigenvalue weighted by Gasteiger charge is -2.26. The van der Waals surface area contributed by atoms with Gasteiger partial charge >= 0.3 is 0 Å². The lowest BCUT2D eigenvalue weighted by Crippen LogP contribution is -2.38. The van der Waals surface area contributed by atoms with Gasteiger partial charge < -0.3 is 4.90 Å². The van der Waals surface area contributed by atoms with E-state index in [0.29, 0.717) is 6.54 Å². The molecule has 0 aliphatic carbocycles. The average molecular weight is 332 g/mol. The van der Waals surface area contributed by atoms with Crippen LogP contribution in [0.4, 0.5) is 0 Å². The molecule has 23 heavy (non-hydrogen) atoms. The molecule has 2 aromatic carbocycles. The monoisotopic (exact) mass is 332 g/mol. The Hall–Kier alpha value is -1.92. The number of nitrogens with one attached hydrogen (secondary N) is 1. The molecule has 1 heterocycles. The van der Waals surface area contributed by atoms with E-state index >= 15 is 0 Å². The summed E-state index contributed by atoms with van der Waals surface area (Å²) in [4.78, 5) is 14.2. The fourth-order valence-corrected chi connectivity index (χ4v) is 3.88. The van der Waals surface area contributed by atoms with E-state index < -0.39 is 15.8 Å². The Morgan fingerprint density at radius 2 is 1.96 bits per heavy atom. The average Bonchev–Trinajstić information content (AvgIpc) is 3.03. The SMILES string of the molecule is CNS(=O)(=O)CC(=O)N1CCCC1c1cccc2ccccc12. The lowest BCUT2D eigenvalue weighted by atomic mass is 9.97. The van der Waals surface area contributed by atoms with Crippen LogP contribution >= 0.6 is 0 Å². The highest BCUT2D eigenvalue weighted by Crippen LogP contribution is 2.35. The first-order chi connectivity index (χ1) is 11.0. The Kier molecular flexibility index (Phi) is 4.37. The molecule has 122 valence electrons. The van der Waals surface area contributed by atoms with Crippen LogP contribution in [0.3, 0.4) is 0 Å². The van der Waals surface area contributed by atoms with Crippen LogP contribution < -0.4 is 4.72 Å². The van der Waals surface area contributed by atoms with E-state index in [-0.39, 0.29) is 11.9 Å². The third-order valence-electron chi connectivity index (χ3n) is 4.38. The Labute approximate surface area is 136 Å². The quantitative estimate of drug-likeness (QED) is 0.932. The molecule has 0 aromatic heterocycles. The third-order valence-corrected chi connectivity index (χ3v) is 5.63. The van der Waals surface area contributed by atoms with Crippen molar-refractivity contribution in [3.8, 4) is 0 Å². The lowest BCUT2D eigenvalue weighted by molar-refractivity contribution is -0.129. The first-order valence-corrected chi connectivity index (χ1v) is 9.35. The van der Waals surface area contributed by atoms with Gasteiger partial charge in [0.15, 0.2) is 0 Å². The second kappa shape index (κ2) is 6.29. The minimum absolute atomic E-state index is 0.0549. The summed E-state index contributed by atoms with van der Waals surface area (Å²) >= 11 is 0. The highest BCUT2D eigenvalue weighted by molar-refractivity contribution is 7.90. The number of hydrogen-bond acceptors (Lipinski definition) is 3. The molecule has 0 saturated carbocycles. The molecule has 1 N–H and O–H groups in total. The smallest absolute Gasteiger partial charge is 0.239 e. The summed E-state index contributed by atoms with van der Waals surface area (Å²) in [5, 5.41) is 2.25. The number of hydrogen-bond donors (Lipinski definition) is 1. The summed E-state index contributed by atoms with van der Waals surface area (Å²) in [6, 6.07) is 14.1. The Bertz CT molecular complexity index is 827. The number of nitrogens with zero attached hydrogens (tertiary/aromatic N) is 1. The number of carbonyl (C=O) groups excluding carboxylic acids is 1. The molecule has 6 heteroatoms. The molecule has 0 spiro atoms. The van der Waals surface area contributed by atoms with Crippen molar-refractivity contribution < 1.29 is 13.2 Å². The van der Waals surface area contributed by atoms with Crippen molar-refractivity contribution in [3.63, 3.8) is 0 Å². The van der Waals surface area contributed by atoms with Gasteiger partial charge in [-0.1, -0.05) is 42.5 Å². The van der Waals surface area contributed by atoms with Crippen molar-refractivity contribution in [3.05, 3.63) is 48.0 Å².